The van der Waals surface area contributed by atoms with Gasteiger partial charge >= 0.3 is 0 Å². The summed E-state index contributed by atoms with van der Waals surface area (Å²) in [6.45, 7) is 5.03. The van der Waals surface area contributed by atoms with E-state index in [4.69, 9.17) is 9.47 Å². The van der Waals surface area contributed by atoms with Crippen molar-refractivity contribution in [3.8, 4) is 5.75 Å². The lowest BCUT2D eigenvalue weighted by atomic mass is 9.99. The molecule has 2 heteroatoms. The van der Waals surface area contributed by atoms with Gasteiger partial charge in [-0.2, -0.15) is 0 Å². The van der Waals surface area contributed by atoms with Gasteiger partial charge in [0.25, 0.3) is 0 Å². The van der Waals surface area contributed by atoms with Crippen molar-refractivity contribution in [1.82, 2.24) is 0 Å². The molecule has 1 aromatic carbocycles. The van der Waals surface area contributed by atoms with Crippen molar-refractivity contribution < 1.29 is 9.47 Å². The number of methoxy groups -OCH3 is 1. The highest BCUT2D eigenvalue weighted by molar-refractivity contribution is 5.75. The Morgan fingerprint density at radius 3 is 3.13 bits per heavy atom. The van der Waals surface area contributed by atoms with Crippen molar-refractivity contribution in [3.63, 3.8) is 0 Å². The number of benzene rings is 1. The highest BCUT2D eigenvalue weighted by Gasteiger charge is 2.39. The normalized spacial score (nSPS) is 27.7. The van der Waals surface area contributed by atoms with Gasteiger partial charge < -0.3 is 9.47 Å². The van der Waals surface area contributed by atoms with Gasteiger partial charge in [0.15, 0.2) is 0 Å². The highest BCUT2D eigenvalue weighted by Crippen LogP contribution is 2.51. The summed E-state index contributed by atoms with van der Waals surface area (Å²) in [4.78, 5) is 0. The second kappa shape index (κ2) is 3.11. The van der Waals surface area contributed by atoms with Crippen LogP contribution in [0.2, 0.25) is 0 Å². The number of rotatable bonds is 1. The lowest BCUT2D eigenvalue weighted by Gasteiger charge is -2.09. The molecule has 3 rings (SSSR count). The molecule has 1 heterocycles. The van der Waals surface area contributed by atoms with E-state index in [1.807, 2.05) is 6.07 Å². The SMILES string of the molecule is C=C1c2ccc(OC)cc2[C@@H]2OCC[C@H]12. The van der Waals surface area contributed by atoms with Crippen LogP contribution in [0.15, 0.2) is 24.8 Å². The molecule has 0 bridgehead atoms. The molecule has 2 atom stereocenters. The first-order chi connectivity index (χ1) is 7.31. The molecule has 78 valence electrons. The first-order valence-corrected chi connectivity index (χ1v) is 5.30. The van der Waals surface area contributed by atoms with Crippen LogP contribution in [0, 0.1) is 5.92 Å². The standard InChI is InChI=1S/C13H14O2/c1-8-10-4-3-9(14-2)7-12(10)13-11(8)5-6-15-13/h3-4,7,11,13H,1,5-6H2,2H3/t11-,13-/m1/s1. The third-order valence-electron chi connectivity index (χ3n) is 3.45. The molecule has 0 aromatic heterocycles. The van der Waals surface area contributed by atoms with Crippen LogP contribution < -0.4 is 4.74 Å². The fourth-order valence-corrected chi connectivity index (χ4v) is 2.65. The molecule has 0 spiro atoms. The van der Waals surface area contributed by atoms with Crippen LogP contribution in [0.5, 0.6) is 5.75 Å². The molecular weight excluding hydrogens is 188 g/mol. The van der Waals surface area contributed by atoms with Gasteiger partial charge in [-0.25, -0.2) is 0 Å². The monoisotopic (exact) mass is 202 g/mol. The van der Waals surface area contributed by atoms with Gasteiger partial charge in [0.2, 0.25) is 0 Å². The molecule has 2 aliphatic rings. The second-order valence-electron chi connectivity index (χ2n) is 4.16. The maximum Gasteiger partial charge on any atom is 0.119 e. The van der Waals surface area contributed by atoms with Gasteiger partial charge in [-0.15, -0.1) is 0 Å². The Labute approximate surface area is 89.5 Å². The zero-order valence-corrected chi connectivity index (χ0v) is 8.82. The van der Waals surface area contributed by atoms with Crippen molar-refractivity contribution in [2.45, 2.75) is 12.5 Å². The molecule has 1 aromatic rings. The number of hydrogen-bond donors (Lipinski definition) is 0. The molecule has 0 amide bonds. The van der Waals surface area contributed by atoms with Gasteiger partial charge in [-0.05, 0) is 35.3 Å². The summed E-state index contributed by atoms with van der Waals surface area (Å²) in [6, 6.07) is 6.17. The summed E-state index contributed by atoms with van der Waals surface area (Å²) in [5.74, 6) is 1.39. The van der Waals surface area contributed by atoms with Gasteiger partial charge in [-0.3, -0.25) is 0 Å². The molecule has 0 N–H and O–H groups in total. The van der Waals surface area contributed by atoms with Crippen molar-refractivity contribution >= 4 is 5.57 Å². The molecule has 1 saturated heterocycles. The lowest BCUT2D eigenvalue weighted by Crippen LogP contribution is -1.98. The van der Waals surface area contributed by atoms with Crippen molar-refractivity contribution in [2.75, 3.05) is 13.7 Å². The predicted molar refractivity (Wildman–Crippen MR) is 58.8 cm³/mol. The molecule has 15 heavy (non-hydrogen) atoms. The zero-order chi connectivity index (χ0) is 10.4. The van der Waals surface area contributed by atoms with Crippen LogP contribution in [0.3, 0.4) is 0 Å². The number of hydrogen-bond acceptors (Lipinski definition) is 2. The Morgan fingerprint density at radius 2 is 2.33 bits per heavy atom. The van der Waals surface area contributed by atoms with Crippen LogP contribution in [-0.4, -0.2) is 13.7 Å². The Hall–Kier alpha value is -1.28. The van der Waals surface area contributed by atoms with Gasteiger partial charge in [-0.1, -0.05) is 12.6 Å². The summed E-state index contributed by atoms with van der Waals surface area (Å²) in [6.07, 6.45) is 1.32. The third kappa shape index (κ3) is 1.15. The summed E-state index contributed by atoms with van der Waals surface area (Å²) >= 11 is 0. The maximum absolute atomic E-state index is 5.76. The summed E-state index contributed by atoms with van der Waals surface area (Å²) in [7, 11) is 1.69. The predicted octanol–water partition coefficient (Wildman–Crippen LogP) is 2.80. The van der Waals surface area contributed by atoms with Crippen LogP contribution in [0.25, 0.3) is 5.57 Å². The van der Waals surface area contributed by atoms with E-state index in [1.54, 1.807) is 7.11 Å². The van der Waals surface area contributed by atoms with E-state index < -0.39 is 0 Å². The van der Waals surface area contributed by atoms with E-state index in [0.29, 0.717) is 5.92 Å². The fraction of sp³-hybridized carbons (Fsp3) is 0.385. The summed E-state index contributed by atoms with van der Waals surface area (Å²) < 4.78 is 11.0. The van der Waals surface area contributed by atoms with Gasteiger partial charge in [0.1, 0.15) is 5.75 Å². The first-order valence-electron chi connectivity index (χ1n) is 5.30. The largest absolute Gasteiger partial charge is 0.497 e. The number of ether oxygens (including phenoxy) is 2. The minimum Gasteiger partial charge on any atom is -0.497 e. The van der Waals surface area contributed by atoms with Crippen LogP contribution in [-0.2, 0) is 4.74 Å². The molecule has 0 unspecified atom stereocenters. The molecule has 1 aliphatic heterocycles. The van der Waals surface area contributed by atoms with Crippen LogP contribution in [0.4, 0.5) is 0 Å². The highest BCUT2D eigenvalue weighted by atomic mass is 16.5. The molecule has 1 fully saturated rings. The van der Waals surface area contributed by atoms with E-state index in [2.05, 4.69) is 18.7 Å². The average Bonchev–Trinajstić information content (AvgIpc) is 2.83. The van der Waals surface area contributed by atoms with E-state index in [0.717, 1.165) is 18.8 Å². The summed E-state index contributed by atoms with van der Waals surface area (Å²) in [5, 5.41) is 0. The molecule has 1 aliphatic carbocycles. The topological polar surface area (TPSA) is 18.5 Å². The van der Waals surface area contributed by atoms with Gasteiger partial charge in [0.05, 0.1) is 13.2 Å². The van der Waals surface area contributed by atoms with Crippen molar-refractivity contribution in [1.29, 1.82) is 0 Å². The molecular formula is C13H14O2. The van der Waals surface area contributed by atoms with Gasteiger partial charge in [0, 0.05) is 12.5 Å². The average molecular weight is 202 g/mol. The molecule has 0 radical (unpaired) electrons. The van der Waals surface area contributed by atoms with E-state index >= 15 is 0 Å². The quantitative estimate of drug-likeness (QED) is 0.697. The van der Waals surface area contributed by atoms with Crippen molar-refractivity contribution in [3.05, 3.63) is 35.9 Å². The zero-order valence-electron chi connectivity index (χ0n) is 8.82. The Kier molecular flexibility index (Phi) is 1.86. The smallest absolute Gasteiger partial charge is 0.119 e. The van der Waals surface area contributed by atoms with Crippen LogP contribution >= 0.6 is 0 Å². The summed E-state index contributed by atoms with van der Waals surface area (Å²) in [5.41, 5.74) is 3.74. The van der Waals surface area contributed by atoms with E-state index in [9.17, 15) is 0 Å². The maximum atomic E-state index is 5.76. The lowest BCUT2D eigenvalue weighted by molar-refractivity contribution is 0.105. The van der Waals surface area contributed by atoms with E-state index in [-0.39, 0.29) is 6.10 Å². The first kappa shape index (κ1) is 8.98. The number of fused-ring (bicyclic) bond motifs is 3. The van der Waals surface area contributed by atoms with Crippen molar-refractivity contribution in [2.24, 2.45) is 5.92 Å². The molecule has 2 nitrogen and oxygen atoms in total. The Morgan fingerprint density at radius 1 is 1.47 bits per heavy atom. The Bertz CT molecular complexity index is 423. The Balaban J connectivity index is 2.12. The third-order valence-corrected chi connectivity index (χ3v) is 3.45. The van der Waals surface area contributed by atoms with Crippen LogP contribution in [0.1, 0.15) is 23.7 Å². The fourth-order valence-electron chi connectivity index (χ4n) is 2.65. The minimum atomic E-state index is 0.225. The second-order valence-corrected chi connectivity index (χ2v) is 4.16. The molecule has 0 saturated carbocycles. The van der Waals surface area contributed by atoms with E-state index in [1.165, 1.54) is 16.7 Å². The minimum absolute atomic E-state index is 0.225.